The maximum Gasteiger partial charge on any atom is 0.317 e. The topological polar surface area (TPSA) is 63.3 Å². The molecule has 1 aliphatic heterocycles. The Morgan fingerprint density at radius 3 is 2.35 bits per heavy atom. The molecule has 7 heteroatoms. The number of methoxy groups -OCH3 is 3. The third-order valence-electron chi connectivity index (χ3n) is 5.10. The first-order chi connectivity index (χ1) is 12.7. The lowest BCUT2D eigenvalue weighted by Crippen LogP contribution is -2.42. The monoisotopic (exact) mass is 363 g/mol. The summed E-state index contributed by atoms with van der Waals surface area (Å²) in [4.78, 5) is 17.0. The molecule has 0 unspecified atom stereocenters. The maximum atomic E-state index is 12.6. The highest BCUT2D eigenvalue weighted by Crippen LogP contribution is 2.34. The predicted octanol–water partition coefficient (Wildman–Crippen LogP) is 2.09. The fraction of sp³-hybridized carbons (Fsp3) is 0.632. The summed E-state index contributed by atoms with van der Waals surface area (Å²) in [6.07, 6.45) is 3.65. The van der Waals surface area contributed by atoms with Gasteiger partial charge in [0.15, 0.2) is 11.5 Å². The molecule has 2 amide bonds. The Morgan fingerprint density at radius 2 is 1.69 bits per heavy atom. The molecule has 144 valence electrons. The Morgan fingerprint density at radius 1 is 1.00 bits per heavy atom. The van der Waals surface area contributed by atoms with E-state index in [-0.39, 0.29) is 6.03 Å². The van der Waals surface area contributed by atoms with E-state index < -0.39 is 0 Å². The summed E-state index contributed by atoms with van der Waals surface area (Å²) in [7, 11) is 4.78. The summed E-state index contributed by atoms with van der Waals surface area (Å²) in [5.74, 6) is 1.89. The fourth-order valence-corrected chi connectivity index (χ4v) is 3.46. The van der Waals surface area contributed by atoms with E-state index >= 15 is 0 Å². The molecule has 2 fully saturated rings. The van der Waals surface area contributed by atoms with Crippen LogP contribution in [0.25, 0.3) is 0 Å². The number of urea groups is 1. The van der Waals surface area contributed by atoms with Crippen LogP contribution in [-0.4, -0.2) is 69.4 Å². The smallest absolute Gasteiger partial charge is 0.317 e. The largest absolute Gasteiger partial charge is 0.496 e. The van der Waals surface area contributed by atoms with Gasteiger partial charge in [-0.1, -0.05) is 0 Å². The van der Waals surface area contributed by atoms with Crippen LogP contribution in [0, 0.1) is 0 Å². The molecule has 1 N–H and O–H groups in total. The molecular weight excluding hydrogens is 334 g/mol. The number of hydrogen-bond donors (Lipinski definition) is 1. The van der Waals surface area contributed by atoms with Crippen molar-refractivity contribution in [1.82, 2.24) is 15.1 Å². The van der Waals surface area contributed by atoms with Crippen molar-refractivity contribution in [2.24, 2.45) is 0 Å². The van der Waals surface area contributed by atoms with E-state index in [1.807, 2.05) is 11.0 Å². The van der Waals surface area contributed by atoms with Gasteiger partial charge in [0.25, 0.3) is 0 Å². The van der Waals surface area contributed by atoms with Gasteiger partial charge in [-0.15, -0.1) is 0 Å². The van der Waals surface area contributed by atoms with Crippen molar-refractivity contribution in [1.29, 1.82) is 0 Å². The van der Waals surface area contributed by atoms with Crippen molar-refractivity contribution in [3.63, 3.8) is 0 Å². The van der Waals surface area contributed by atoms with E-state index in [0.717, 1.165) is 44.2 Å². The van der Waals surface area contributed by atoms with Crippen molar-refractivity contribution in [2.45, 2.75) is 31.8 Å². The molecule has 7 nitrogen and oxygen atoms in total. The molecule has 26 heavy (non-hydrogen) atoms. The molecule has 1 heterocycles. The van der Waals surface area contributed by atoms with Gasteiger partial charge < -0.3 is 24.4 Å². The fourth-order valence-electron chi connectivity index (χ4n) is 3.46. The summed E-state index contributed by atoms with van der Waals surface area (Å²) in [6, 6.07) is 4.35. The molecule has 2 aliphatic rings. The lowest BCUT2D eigenvalue weighted by atomic mass is 10.1. The van der Waals surface area contributed by atoms with E-state index in [2.05, 4.69) is 10.2 Å². The molecule has 1 saturated heterocycles. The number of benzene rings is 1. The number of carbonyl (C=O) groups excluding carboxylic acids is 1. The Hall–Kier alpha value is -2.15. The molecular formula is C19H29N3O4. The first-order valence-corrected chi connectivity index (χ1v) is 9.22. The zero-order valence-corrected chi connectivity index (χ0v) is 15.9. The lowest BCUT2D eigenvalue weighted by Gasteiger charge is -2.22. The Labute approximate surface area is 155 Å². The molecule has 0 atom stereocenters. The van der Waals surface area contributed by atoms with Crippen LogP contribution >= 0.6 is 0 Å². The zero-order valence-electron chi connectivity index (χ0n) is 15.9. The van der Waals surface area contributed by atoms with Crippen molar-refractivity contribution < 1.29 is 19.0 Å². The van der Waals surface area contributed by atoms with Crippen LogP contribution in [-0.2, 0) is 6.54 Å². The summed E-state index contributed by atoms with van der Waals surface area (Å²) >= 11 is 0. The van der Waals surface area contributed by atoms with Gasteiger partial charge in [-0.3, -0.25) is 4.90 Å². The minimum Gasteiger partial charge on any atom is -0.496 e. The van der Waals surface area contributed by atoms with Gasteiger partial charge in [-0.2, -0.15) is 0 Å². The van der Waals surface area contributed by atoms with Gasteiger partial charge in [0, 0.05) is 50.4 Å². The van der Waals surface area contributed by atoms with E-state index in [1.54, 1.807) is 27.4 Å². The molecule has 0 radical (unpaired) electrons. The van der Waals surface area contributed by atoms with Crippen LogP contribution in [0.2, 0.25) is 0 Å². The van der Waals surface area contributed by atoms with Gasteiger partial charge in [0.2, 0.25) is 0 Å². The average Bonchev–Trinajstić information content (AvgIpc) is 3.51. The summed E-state index contributed by atoms with van der Waals surface area (Å²) in [6.45, 7) is 4.03. The van der Waals surface area contributed by atoms with Gasteiger partial charge in [0.05, 0.1) is 21.3 Å². The minimum absolute atomic E-state index is 0.0283. The first kappa shape index (κ1) is 18.6. The highest BCUT2D eigenvalue weighted by atomic mass is 16.5. The van der Waals surface area contributed by atoms with Crippen LogP contribution in [0.15, 0.2) is 12.1 Å². The van der Waals surface area contributed by atoms with Crippen molar-refractivity contribution >= 4 is 6.03 Å². The summed E-state index contributed by atoms with van der Waals surface area (Å²) in [5.41, 5.74) is 0.855. The summed E-state index contributed by atoms with van der Waals surface area (Å²) < 4.78 is 16.1. The number of nitrogens with one attached hydrogen (secondary N) is 1. The number of amides is 2. The molecule has 1 aromatic carbocycles. The number of carbonyl (C=O) groups is 1. The number of rotatable bonds is 6. The highest BCUT2D eigenvalue weighted by molar-refractivity contribution is 5.74. The lowest BCUT2D eigenvalue weighted by molar-refractivity contribution is 0.197. The predicted molar refractivity (Wildman–Crippen MR) is 99.1 cm³/mol. The standard InChI is InChI=1S/C19H29N3O4/c1-24-16-12-18(26-3)17(25-2)11-14(16)13-20-19(23)22-8-4-7-21(9-10-22)15-5-6-15/h11-12,15H,4-10,13H2,1-3H3,(H,20,23). The molecule has 1 saturated carbocycles. The van der Waals surface area contributed by atoms with Crippen LogP contribution < -0.4 is 19.5 Å². The summed E-state index contributed by atoms with van der Waals surface area (Å²) in [5, 5.41) is 3.01. The second-order valence-corrected chi connectivity index (χ2v) is 6.79. The van der Waals surface area contributed by atoms with Crippen LogP contribution in [0.1, 0.15) is 24.8 Å². The normalized spacial score (nSPS) is 18.2. The molecule has 1 aromatic rings. The van der Waals surface area contributed by atoms with Gasteiger partial charge in [-0.05, 0) is 25.3 Å². The average molecular weight is 363 g/mol. The third kappa shape index (κ3) is 4.33. The second-order valence-electron chi connectivity index (χ2n) is 6.79. The van der Waals surface area contributed by atoms with Crippen molar-refractivity contribution in [3.8, 4) is 17.2 Å². The van der Waals surface area contributed by atoms with Crippen molar-refractivity contribution in [2.75, 3.05) is 47.5 Å². The third-order valence-corrected chi connectivity index (χ3v) is 5.10. The number of hydrogen-bond acceptors (Lipinski definition) is 5. The Balaban J connectivity index is 1.59. The SMILES string of the molecule is COc1cc(OC)c(OC)cc1CNC(=O)N1CCCN(C2CC2)CC1. The van der Waals surface area contributed by atoms with Gasteiger partial charge in [0.1, 0.15) is 5.75 Å². The number of nitrogens with zero attached hydrogens (tertiary/aromatic N) is 2. The Kier molecular flexibility index (Phi) is 6.08. The molecule has 0 aromatic heterocycles. The van der Waals surface area contributed by atoms with Crippen LogP contribution in [0.3, 0.4) is 0 Å². The molecule has 0 spiro atoms. The zero-order chi connectivity index (χ0) is 18.5. The van der Waals surface area contributed by atoms with Crippen molar-refractivity contribution in [3.05, 3.63) is 17.7 Å². The quantitative estimate of drug-likeness (QED) is 0.839. The second kappa shape index (κ2) is 8.49. The van der Waals surface area contributed by atoms with Gasteiger partial charge >= 0.3 is 6.03 Å². The first-order valence-electron chi connectivity index (χ1n) is 9.22. The Bertz CT molecular complexity index is 633. The van der Waals surface area contributed by atoms with E-state index in [1.165, 1.54) is 12.8 Å². The molecule has 3 rings (SSSR count). The van der Waals surface area contributed by atoms with Crippen LogP contribution in [0.4, 0.5) is 4.79 Å². The minimum atomic E-state index is -0.0283. The molecule has 1 aliphatic carbocycles. The van der Waals surface area contributed by atoms with E-state index in [0.29, 0.717) is 23.8 Å². The maximum absolute atomic E-state index is 12.6. The van der Waals surface area contributed by atoms with Crippen LogP contribution in [0.5, 0.6) is 17.2 Å². The van der Waals surface area contributed by atoms with Gasteiger partial charge in [-0.25, -0.2) is 4.79 Å². The van der Waals surface area contributed by atoms with E-state index in [4.69, 9.17) is 14.2 Å². The highest BCUT2D eigenvalue weighted by Gasteiger charge is 2.30. The molecule has 0 bridgehead atoms. The number of ether oxygens (including phenoxy) is 3. The van der Waals surface area contributed by atoms with E-state index in [9.17, 15) is 4.79 Å².